The van der Waals surface area contributed by atoms with Gasteiger partial charge in [0.05, 0.1) is 0 Å². The molecule has 0 radical (unpaired) electrons. The number of alkyl halides is 3. The largest absolute Gasteiger partial charge is 0.408 e. The van der Waals surface area contributed by atoms with Gasteiger partial charge in [0.2, 0.25) is 0 Å². The summed E-state index contributed by atoms with van der Waals surface area (Å²) in [5.74, 6) is -1.75. The van der Waals surface area contributed by atoms with Crippen LogP contribution >= 0.6 is 0 Å². The molecule has 6 nitrogen and oxygen atoms in total. The number of carbonyl (C=O) groups excluding carboxylic acids is 3. The van der Waals surface area contributed by atoms with Crippen molar-refractivity contribution in [3.63, 3.8) is 0 Å². The number of Topliss-reactive ketones (excluding diaryl/α,β-unsaturated/α-hetero) is 1. The molecule has 1 heterocycles. The van der Waals surface area contributed by atoms with Crippen LogP contribution in [-0.2, 0) is 9.63 Å². The van der Waals surface area contributed by atoms with Gasteiger partial charge in [-0.25, -0.2) is 5.06 Å². The molecule has 1 saturated heterocycles. The summed E-state index contributed by atoms with van der Waals surface area (Å²) in [4.78, 5) is 40.0. The van der Waals surface area contributed by atoms with Crippen molar-refractivity contribution in [3.05, 3.63) is 34.9 Å². The van der Waals surface area contributed by atoms with Crippen LogP contribution in [0.5, 0.6) is 0 Å². The molecule has 0 bridgehead atoms. The maximum absolute atomic E-state index is 12.3. The van der Waals surface area contributed by atoms with Crippen LogP contribution in [0.3, 0.4) is 0 Å². The Labute approximate surface area is 135 Å². The number of aryl methyl sites for hydroxylation is 1. The first-order valence-electron chi connectivity index (χ1n) is 7.02. The van der Waals surface area contributed by atoms with Gasteiger partial charge in [-0.15, -0.1) is 0 Å². The fourth-order valence-corrected chi connectivity index (χ4v) is 2.24. The van der Waals surface area contributed by atoms with Gasteiger partial charge in [0.1, 0.15) is 19.2 Å². The van der Waals surface area contributed by atoms with E-state index in [4.69, 9.17) is 0 Å². The van der Waals surface area contributed by atoms with Crippen molar-refractivity contribution in [1.82, 2.24) is 10.4 Å². The van der Waals surface area contributed by atoms with Crippen molar-refractivity contribution in [2.75, 3.05) is 13.2 Å². The average molecular weight is 344 g/mol. The number of rotatable bonds is 4. The fourth-order valence-electron chi connectivity index (χ4n) is 2.24. The Morgan fingerprint density at radius 1 is 1.38 bits per heavy atom. The fraction of sp³-hybridized carbons (Fsp3) is 0.400. The van der Waals surface area contributed by atoms with Crippen molar-refractivity contribution in [3.8, 4) is 0 Å². The molecule has 2 rings (SSSR count). The van der Waals surface area contributed by atoms with Crippen LogP contribution in [0.15, 0.2) is 18.2 Å². The van der Waals surface area contributed by atoms with E-state index in [1.807, 2.05) is 0 Å². The predicted octanol–water partition coefficient (Wildman–Crippen LogP) is 1.63. The van der Waals surface area contributed by atoms with Crippen LogP contribution in [0, 0.1) is 6.92 Å². The monoisotopic (exact) mass is 344 g/mol. The van der Waals surface area contributed by atoms with Gasteiger partial charge in [-0.2, -0.15) is 13.2 Å². The molecule has 1 aromatic rings. The Balaban J connectivity index is 2.05. The average Bonchev–Trinajstić information content (AvgIpc) is 2.78. The molecule has 9 heteroatoms. The smallest absolute Gasteiger partial charge is 0.338 e. The zero-order valence-corrected chi connectivity index (χ0v) is 12.9. The molecule has 1 aliphatic heterocycles. The highest BCUT2D eigenvalue weighted by molar-refractivity contribution is 6.00. The second kappa shape index (κ2) is 6.60. The Bertz CT molecular complexity index is 688. The van der Waals surface area contributed by atoms with Crippen LogP contribution in [-0.4, -0.2) is 48.0 Å². The number of nitrogens with one attached hydrogen (secondary N) is 1. The van der Waals surface area contributed by atoms with E-state index in [1.54, 1.807) is 6.92 Å². The summed E-state index contributed by atoms with van der Waals surface area (Å²) in [5.41, 5.74) is 1.17. The van der Waals surface area contributed by atoms with E-state index in [0.717, 1.165) is 0 Å². The molecule has 1 atom stereocenters. The summed E-state index contributed by atoms with van der Waals surface area (Å²) in [7, 11) is 0. The lowest BCUT2D eigenvalue weighted by molar-refractivity contribution is -0.214. The lowest BCUT2D eigenvalue weighted by atomic mass is 10.0. The van der Waals surface area contributed by atoms with Gasteiger partial charge in [0.15, 0.2) is 5.78 Å². The predicted molar refractivity (Wildman–Crippen MR) is 76.2 cm³/mol. The van der Waals surface area contributed by atoms with Gasteiger partial charge in [0, 0.05) is 11.1 Å². The van der Waals surface area contributed by atoms with Crippen LogP contribution in [0.1, 0.15) is 33.2 Å². The lowest BCUT2D eigenvalue weighted by Gasteiger charge is -2.16. The molecule has 0 saturated carbocycles. The molecule has 1 N–H and O–H groups in total. The molecule has 1 fully saturated rings. The Morgan fingerprint density at radius 3 is 2.58 bits per heavy atom. The summed E-state index contributed by atoms with van der Waals surface area (Å²) in [6, 6.07) is 3.23. The molecule has 130 valence electrons. The first-order chi connectivity index (χ1) is 11.1. The molecule has 24 heavy (non-hydrogen) atoms. The zero-order valence-electron chi connectivity index (χ0n) is 12.9. The Morgan fingerprint density at radius 2 is 2.04 bits per heavy atom. The molecule has 0 aliphatic carbocycles. The minimum atomic E-state index is -4.59. The van der Waals surface area contributed by atoms with Gasteiger partial charge in [-0.05, 0) is 31.5 Å². The van der Waals surface area contributed by atoms with E-state index in [9.17, 15) is 27.6 Å². The Kier molecular flexibility index (Phi) is 4.93. The van der Waals surface area contributed by atoms with Crippen molar-refractivity contribution in [2.45, 2.75) is 26.1 Å². The second-order valence-electron chi connectivity index (χ2n) is 5.40. The molecule has 0 aromatic heterocycles. The maximum Gasteiger partial charge on any atom is 0.408 e. The number of amides is 2. The van der Waals surface area contributed by atoms with Crippen LogP contribution < -0.4 is 5.32 Å². The topological polar surface area (TPSA) is 75.7 Å². The molecule has 0 unspecified atom stereocenters. The number of carbonyl (C=O) groups is 3. The number of ketones is 1. The standard InChI is InChI=1S/C15H15F3N2O4/c1-8-5-10(9(2)21)3-4-11(8)13(22)19-12-6-24-20(14(12)23)7-15(16,17)18/h3-5,12H,6-7H2,1-2H3,(H,19,22)/t12-/m1/s1. The summed E-state index contributed by atoms with van der Waals surface area (Å²) in [6.45, 7) is 1.10. The highest BCUT2D eigenvalue weighted by atomic mass is 19.4. The zero-order chi connectivity index (χ0) is 18.1. The van der Waals surface area contributed by atoms with Gasteiger partial charge in [-0.3, -0.25) is 19.2 Å². The van der Waals surface area contributed by atoms with Crippen LogP contribution in [0.2, 0.25) is 0 Å². The van der Waals surface area contributed by atoms with Crippen molar-refractivity contribution >= 4 is 17.6 Å². The summed E-state index contributed by atoms with van der Waals surface area (Å²) < 4.78 is 36.9. The molecule has 1 aromatic carbocycles. The first kappa shape index (κ1) is 17.9. The number of hydrogen-bond donors (Lipinski definition) is 1. The molecule has 2 amide bonds. The quantitative estimate of drug-likeness (QED) is 0.843. The minimum Gasteiger partial charge on any atom is -0.338 e. The maximum atomic E-state index is 12.3. The van der Waals surface area contributed by atoms with E-state index in [-0.39, 0.29) is 23.0 Å². The summed E-state index contributed by atoms with van der Waals surface area (Å²) in [5, 5.41) is 2.53. The van der Waals surface area contributed by atoms with Gasteiger partial charge in [-0.1, -0.05) is 6.07 Å². The van der Waals surface area contributed by atoms with Crippen LogP contribution in [0.4, 0.5) is 13.2 Å². The van der Waals surface area contributed by atoms with E-state index in [0.29, 0.717) is 11.1 Å². The highest BCUT2D eigenvalue weighted by Crippen LogP contribution is 2.20. The highest BCUT2D eigenvalue weighted by Gasteiger charge is 2.41. The SMILES string of the molecule is CC(=O)c1ccc(C(=O)N[C@@H]2CON(CC(F)(F)F)C2=O)c(C)c1. The third-order valence-corrected chi connectivity index (χ3v) is 3.45. The number of benzene rings is 1. The van der Waals surface area contributed by atoms with Gasteiger partial charge >= 0.3 is 6.18 Å². The van der Waals surface area contributed by atoms with E-state index < -0.39 is 30.6 Å². The van der Waals surface area contributed by atoms with Crippen molar-refractivity contribution < 1.29 is 32.4 Å². The third kappa shape index (κ3) is 4.10. The van der Waals surface area contributed by atoms with E-state index >= 15 is 0 Å². The van der Waals surface area contributed by atoms with E-state index in [1.165, 1.54) is 25.1 Å². The normalized spacial score (nSPS) is 18.0. The Hall–Kier alpha value is -2.42. The second-order valence-corrected chi connectivity index (χ2v) is 5.40. The van der Waals surface area contributed by atoms with Gasteiger partial charge < -0.3 is 5.32 Å². The first-order valence-corrected chi connectivity index (χ1v) is 7.02. The van der Waals surface area contributed by atoms with Crippen molar-refractivity contribution in [1.29, 1.82) is 0 Å². The number of hydrogen-bond acceptors (Lipinski definition) is 4. The third-order valence-electron chi connectivity index (χ3n) is 3.45. The number of hydroxylamine groups is 2. The molecular weight excluding hydrogens is 329 g/mol. The molecular formula is C15H15F3N2O4. The number of halogens is 3. The van der Waals surface area contributed by atoms with Crippen LogP contribution in [0.25, 0.3) is 0 Å². The summed E-state index contributed by atoms with van der Waals surface area (Å²) >= 11 is 0. The number of nitrogens with zero attached hydrogens (tertiary/aromatic N) is 1. The minimum absolute atomic E-state index is 0.160. The summed E-state index contributed by atoms with van der Waals surface area (Å²) in [6.07, 6.45) is -4.59. The lowest BCUT2D eigenvalue weighted by Crippen LogP contribution is -2.44. The molecule has 1 aliphatic rings. The van der Waals surface area contributed by atoms with E-state index in [2.05, 4.69) is 10.2 Å². The van der Waals surface area contributed by atoms with Crippen molar-refractivity contribution in [2.24, 2.45) is 0 Å². The molecule has 0 spiro atoms. The van der Waals surface area contributed by atoms with Gasteiger partial charge in [0.25, 0.3) is 11.8 Å².